The molecular weight excluding hydrogens is 268 g/mol. The van der Waals surface area contributed by atoms with Crippen molar-refractivity contribution in [2.75, 3.05) is 18.1 Å². The highest BCUT2D eigenvalue weighted by molar-refractivity contribution is 6.14. The van der Waals surface area contributed by atoms with Crippen molar-refractivity contribution in [3.63, 3.8) is 0 Å². The van der Waals surface area contributed by atoms with Crippen molar-refractivity contribution in [1.82, 2.24) is 4.90 Å². The van der Waals surface area contributed by atoms with Crippen LogP contribution < -0.4 is 4.90 Å². The summed E-state index contributed by atoms with van der Waals surface area (Å²) in [5, 5.41) is 0. The fourth-order valence-electron chi connectivity index (χ4n) is 2.30. The van der Waals surface area contributed by atoms with Gasteiger partial charge in [-0.25, -0.2) is 4.79 Å². The van der Waals surface area contributed by atoms with Crippen molar-refractivity contribution in [2.24, 2.45) is 0 Å². The molecule has 0 N–H and O–H groups in total. The SMILES string of the molecule is C[C@H]1C(=O)N(CCOC(C)(C)C)C(=O)N1c1ccccc1. The highest BCUT2D eigenvalue weighted by atomic mass is 16.5. The molecule has 21 heavy (non-hydrogen) atoms. The van der Waals surface area contributed by atoms with Crippen LogP contribution >= 0.6 is 0 Å². The Morgan fingerprint density at radius 3 is 2.33 bits per heavy atom. The number of benzene rings is 1. The molecule has 2 rings (SSSR count). The number of carbonyl (C=O) groups excluding carboxylic acids is 2. The number of nitrogens with zero attached hydrogens (tertiary/aromatic N) is 2. The van der Waals surface area contributed by atoms with Gasteiger partial charge in [0.2, 0.25) is 0 Å². The molecule has 1 aromatic rings. The lowest BCUT2D eigenvalue weighted by molar-refractivity contribution is -0.128. The van der Waals surface area contributed by atoms with Gasteiger partial charge in [-0.3, -0.25) is 14.6 Å². The Hall–Kier alpha value is -1.88. The zero-order valence-corrected chi connectivity index (χ0v) is 13.0. The first-order valence-corrected chi connectivity index (χ1v) is 7.15. The topological polar surface area (TPSA) is 49.9 Å². The fourth-order valence-corrected chi connectivity index (χ4v) is 2.30. The summed E-state index contributed by atoms with van der Waals surface area (Å²) in [4.78, 5) is 27.5. The van der Waals surface area contributed by atoms with Crippen LogP contribution in [0, 0.1) is 0 Å². The van der Waals surface area contributed by atoms with Crippen LogP contribution in [0.1, 0.15) is 27.7 Å². The van der Waals surface area contributed by atoms with Crippen LogP contribution in [-0.2, 0) is 9.53 Å². The van der Waals surface area contributed by atoms with Crippen LogP contribution in [0.25, 0.3) is 0 Å². The van der Waals surface area contributed by atoms with E-state index < -0.39 is 6.04 Å². The van der Waals surface area contributed by atoms with Crippen LogP contribution in [-0.4, -0.2) is 41.6 Å². The molecule has 1 aliphatic rings. The second-order valence-electron chi connectivity index (χ2n) is 6.11. The molecule has 1 saturated heterocycles. The minimum atomic E-state index is -0.477. The standard InChI is InChI=1S/C16H22N2O3/c1-12-14(19)17(10-11-21-16(2,3)4)15(20)18(12)13-8-6-5-7-9-13/h5-9,12H,10-11H2,1-4H3/t12-/m0/s1. The van der Waals surface area contributed by atoms with Gasteiger partial charge in [-0.2, -0.15) is 0 Å². The average Bonchev–Trinajstić information content (AvgIpc) is 2.62. The van der Waals surface area contributed by atoms with Crippen molar-refractivity contribution in [3.05, 3.63) is 30.3 Å². The van der Waals surface area contributed by atoms with Gasteiger partial charge < -0.3 is 4.74 Å². The van der Waals surface area contributed by atoms with E-state index in [-0.39, 0.29) is 24.1 Å². The zero-order valence-electron chi connectivity index (χ0n) is 13.0. The van der Waals surface area contributed by atoms with Gasteiger partial charge in [-0.15, -0.1) is 0 Å². The summed E-state index contributed by atoms with van der Waals surface area (Å²) in [7, 11) is 0. The molecule has 1 aliphatic heterocycles. The molecule has 0 saturated carbocycles. The van der Waals surface area contributed by atoms with E-state index in [1.54, 1.807) is 6.92 Å². The molecule has 1 atom stereocenters. The predicted octanol–water partition coefficient (Wildman–Crippen LogP) is 2.66. The van der Waals surface area contributed by atoms with Crippen LogP contribution in [0.15, 0.2) is 30.3 Å². The Morgan fingerprint density at radius 2 is 1.76 bits per heavy atom. The van der Waals surface area contributed by atoms with Gasteiger partial charge in [0.25, 0.3) is 5.91 Å². The second kappa shape index (κ2) is 5.85. The van der Waals surface area contributed by atoms with Gasteiger partial charge in [0, 0.05) is 5.69 Å². The van der Waals surface area contributed by atoms with E-state index in [1.807, 2.05) is 51.1 Å². The van der Waals surface area contributed by atoms with Crippen molar-refractivity contribution < 1.29 is 14.3 Å². The van der Waals surface area contributed by atoms with Crippen LogP contribution in [0.4, 0.5) is 10.5 Å². The first kappa shape index (κ1) is 15.5. The monoisotopic (exact) mass is 290 g/mol. The Morgan fingerprint density at radius 1 is 1.14 bits per heavy atom. The van der Waals surface area contributed by atoms with Gasteiger partial charge in [-0.05, 0) is 39.8 Å². The van der Waals surface area contributed by atoms with Gasteiger partial charge in [0.1, 0.15) is 6.04 Å². The lowest BCUT2D eigenvalue weighted by Crippen LogP contribution is -2.37. The summed E-state index contributed by atoms with van der Waals surface area (Å²) in [5.74, 6) is -0.179. The lowest BCUT2D eigenvalue weighted by Gasteiger charge is -2.22. The zero-order chi connectivity index (χ0) is 15.6. The Bertz CT molecular complexity index is 522. The highest BCUT2D eigenvalue weighted by Crippen LogP contribution is 2.25. The molecule has 0 radical (unpaired) electrons. The summed E-state index contributed by atoms with van der Waals surface area (Å²) in [6.07, 6.45) is 0. The normalized spacial score (nSPS) is 19.5. The van der Waals surface area contributed by atoms with Gasteiger partial charge in [0.05, 0.1) is 18.8 Å². The van der Waals surface area contributed by atoms with E-state index in [0.717, 1.165) is 5.69 Å². The Balaban J connectivity index is 2.08. The molecule has 1 aromatic carbocycles. The number of ether oxygens (including phenoxy) is 1. The molecule has 5 heteroatoms. The number of carbonyl (C=O) groups is 2. The molecule has 0 aromatic heterocycles. The third-order valence-electron chi connectivity index (χ3n) is 3.33. The number of amides is 3. The number of hydrogen-bond donors (Lipinski definition) is 0. The first-order valence-electron chi connectivity index (χ1n) is 7.15. The van der Waals surface area contributed by atoms with E-state index in [9.17, 15) is 9.59 Å². The van der Waals surface area contributed by atoms with E-state index in [0.29, 0.717) is 6.61 Å². The Kier molecular flexibility index (Phi) is 4.32. The Labute approximate surface area is 125 Å². The molecule has 0 bridgehead atoms. The molecule has 0 spiro atoms. The maximum absolute atomic E-state index is 12.5. The van der Waals surface area contributed by atoms with Crippen molar-refractivity contribution in [1.29, 1.82) is 0 Å². The molecule has 0 unspecified atom stereocenters. The lowest BCUT2D eigenvalue weighted by atomic mass is 10.2. The average molecular weight is 290 g/mol. The maximum atomic E-state index is 12.5. The largest absolute Gasteiger partial charge is 0.374 e. The molecular formula is C16H22N2O3. The first-order chi connectivity index (χ1) is 9.81. The maximum Gasteiger partial charge on any atom is 0.332 e. The van der Waals surface area contributed by atoms with Gasteiger partial charge in [0.15, 0.2) is 0 Å². The quantitative estimate of drug-likeness (QED) is 0.801. The van der Waals surface area contributed by atoms with Crippen molar-refractivity contribution >= 4 is 17.6 Å². The highest BCUT2D eigenvalue weighted by Gasteiger charge is 2.42. The van der Waals surface area contributed by atoms with E-state index in [1.165, 1.54) is 9.80 Å². The third-order valence-corrected chi connectivity index (χ3v) is 3.33. The summed E-state index contributed by atoms with van der Waals surface area (Å²) in [6, 6.07) is 8.49. The minimum absolute atomic E-state index is 0.179. The van der Waals surface area contributed by atoms with Crippen LogP contribution in [0.2, 0.25) is 0 Å². The molecule has 114 valence electrons. The fraction of sp³-hybridized carbons (Fsp3) is 0.500. The summed E-state index contributed by atoms with van der Waals surface area (Å²) >= 11 is 0. The van der Waals surface area contributed by atoms with Crippen molar-refractivity contribution in [3.8, 4) is 0 Å². The number of rotatable bonds is 4. The van der Waals surface area contributed by atoms with Crippen molar-refractivity contribution in [2.45, 2.75) is 39.3 Å². The predicted molar refractivity (Wildman–Crippen MR) is 81.2 cm³/mol. The smallest absolute Gasteiger partial charge is 0.332 e. The number of anilines is 1. The number of hydrogen-bond acceptors (Lipinski definition) is 3. The summed E-state index contributed by atoms with van der Waals surface area (Å²) < 4.78 is 5.60. The van der Waals surface area contributed by atoms with Crippen LogP contribution in [0.3, 0.4) is 0 Å². The van der Waals surface area contributed by atoms with E-state index in [4.69, 9.17) is 4.74 Å². The van der Waals surface area contributed by atoms with Gasteiger partial charge in [-0.1, -0.05) is 18.2 Å². The number of para-hydroxylation sites is 1. The minimum Gasteiger partial charge on any atom is -0.374 e. The van der Waals surface area contributed by atoms with E-state index in [2.05, 4.69) is 0 Å². The van der Waals surface area contributed by atoms with Crippen LogP contribution in [0.5, 0.6) is 0 Å². The summed E-state index contributed by atoms with van der Waals surface area (Å²) in [6.45, 7) is 8.20. The molecule has 3 amide bonds. The molecule has 0 aliphatic carbocycles. The molecule has 1 fully saturated rings. The second-order valence-corrected chi connectivity index (χ2v) is 6.11. The van der Waals surface area contributed by atoms with E-state index >= 15 is 0 Å². The van der Waals surface area contributed by atoms with Gasteiger partial charge >= 0.3 is 6.03 Å². The molecule has 5 nitrogen and oxygen atoms in total. The summed E-state index contributed by atoms with van der Waals surface area (Å²) in [5.41, 5.74) is 0.457. The molecule has 1 heterocycles. The number of imide groups is 1. The third kappa shape index (κ3) is 3.42. The number of urea groups is 1.